The maximum absolute atomic E-state index is 11.6. The Bertz CT molecular complexity index is 381. The van der Waals surface area contributed by atoms with E-state index in [1.165, 1.54) is 6.42 Å². The molecule has 1 atom stereocenters. The molecule has 2 N–H and O–H groups in total. The Morgan fingerprint density at radius 1 is 1.58 bits per heavy atom. The van der Waals surface area contributed by atoms with Crippen molar-refractivity contribution in [1.82, 2.24) is 15.6 Å². The minimum Gasteiger partial charge on any atom is -0.350 e. The van der Waals surface area contributed by atoms with Crippen molar-refractivity contribution in [2.24, 2.45) is 5.92 Å². The summed E-state index contributed by atoms with van der Waals surface area (Å²) >= 11 is 1.60. The zero-order chi connectivity index (χ0) is 12.1. The van der Waals surface area contributed by atoms with Gasteiger partial charge in [-0.3, -0.25) is 4.79 Å². The average molecular weight is 326 g/mol. The summed E-state index contributed by atoms with van der Waals surface area (Å²) in [5, 5.41) is 9.23. The molecule has 0 saturated carbocycles. The normalized spacial score (nSPS) is 17.4. The predicted molar refractivity (Wildman–Crippen MR) is 83.4 cm³/mol. The number of hydrogen-bond acceptors (Lipinski definition) is 4. The molecule has 0 aromatic carbocycles. The van der Waals surface area contributed by atoms with Gasteiger partial charge in [0.15, 0.2) is 0 Å². The van der Waals surface area contributed by atoms with Crippen LogP contribution in [0.1, 0.15) is 30.0 Å². The van der Waals surface area contributed by atoms with E-state index in [-0.39, 0.29) is 30.7 Å². The molecule has 1 unspecified atom stereocenters. The van der Waals surface area contributed by atoms with Gasteiger partial charge in [0.2, 0.25) is 5.91 Å². The van der Waals surface area contributed by atoms with Gasteiger partial charge >= 0.3 is 0 Å². The summed E-state index contributed by atoms with van der Waals surface area (Å²) < 4.78 is 0. The molecule has 1 aliphatic heterocycles. The Balaban J connectivity index is 0.00000162. The van der Waals surface area contributed by atoms with Crippen LogP contribution in [0, 0.1) is 12.8 Å². The van der Waals surface area contributed by atoms with Crippen LogP contribution in [0.2, 0.25) is 0 Å². The van der Waals surface area contributed by atoms with Gasteiger partial charge in [0.1, 0.15) is 5.01 Å². The first kappa shape index (κ1) is 18.6. The van der Waals surface area contributed by atoms with E-state index in [4.69, 9.17) is 0 Å². The Morgan fingerprint density at radius 2 is 2.37 bits per heavy atom. The van der Waals surface area contributed by atoms with Crippen LogP contribution in [0.25, 0.3) is 0 Å². The smallest absolute Gasteiger partial charge is 0.220 e. The van der Waals surface area contributed by atoms with Crippen LogP contribution in [0.5, 0.6) is 0 Å². The molecule has 19 heavy (non-hydrogen) atoms. The maximum atomic E-state index is 11.6. The van der Waals surface area contributed by atoms with Crippen molar-refractivity contribution in [2.45, 2.75) is 32.7 Å². The molecule has 1 aliphatic rings. The minimum atomic E-state index is 0. The van der Waals surface area contributed by atoms with Crippen molar-refractivity contribution in [1.29, 1.82) is 0 Å². The molecule has 1 saturated heterocycles. The van der Waals surface area contributed by atoms with Crippen LogP contribution in [0.4, 0.5) is 0 Å². The Kier molecular flexibility index (Phi) is 9.35. The number of nitrogens with zero attached hydrogens (tertiary/aromatic N) is 1. The van der Waals surface area contributed by atoms with Gasteiger partial charge in [-0.15, -0.1) is 36.2 Å². The van der Waals surface area contributed by atoms with Gasteiger partial charge in [-0.25, -0.2) is 4.98 Å². The molecule has 0 bridgehead atoms. The molecular formula is C12H21Cl2N3OS. The van der Waals surface area contributed by atoms with E-state index in [9.17, 15) is 4.79 Å². The lowest BCUT2D eigenvalue weighted by molar-refractivity contribution is -0.121. The lowest BCUT2D eigenvalue weighted by Gasteiger charge is -2.07. The van der Waals surface area contributed by atoms with Crippen LogP contribution < -0.4 is 10.6 Å². The van der Waals surface area contributed by atoms with Crippen LogP contribution in [0.15, 0.2) is 5.38 Å². The molecule has 0 spiro atoms. The quantitative estimate of drug-likeness (QED) is 0.873. The fourth-order valence-electron chi connectivity index (χ4n) is 2.04. The van der Waals surface area contributed by atoms with Crippen molar-refractivity contribution in [3.63, 3.8) is 0 Å². The maximum Gasteiger partial charge on any atom is 0.220 e. The predicted octanol–water partition coefficient (Wildman–Crippen LogP) is 2.30. The molecule has 2 heterocycles. The van der Waals surface area contributed by atoms with Crippen molar-refractivity contribution in [2.75, 3.05) is 13.1 Å². The van der Waals surface area contributed by atoms with E-state index < -0.39 is 0 Å². The molecule has 0 aliphatic carbocycles. The Morgan fingerprint density at radius 3 is 2.95 bits per heavy atom. The first-order valence-electron chi connectivity index (χ1n) is 6.12. The molecule has 2 rings (SSSR count). The van der Waals surface area contributed by atoms with Crippen LogP contribution >= 0.6 is 36.2 Å². The monoisotopic (exact) mass is 325 g/mol. The third-order valence-electron chi connectivity index (χ3n) is 3.05. The highest BCUT2D eigenvalue weighted by Crippen LogP contribution is 2.14. The van der Waals surface area contributed by atoms with Gasteiger partial charge in [-0.05, 0) is 38.8 Å². The van der Waals surface area contributed by atoms with Crippen molar-refractivity contribution in [3.05, 3.63) is 16.1 Å². The number of hydrogen-bond donors (Lipinski definition) is 2. The molecule has 110 valence electrons. The summed E-state index contributed by atoms with van der Waals surface area (Å²) in [5.74, 6) is 0.826. The highest BCUT2D eigenvalue weighted by atomic mass is 35.5. The van der Waals surface area contributed by atoms with Gasteiger partial charge in [0, 0.05) is 17.5 Å². The second-order valence-electron chi connectivity index (χ2n) is 4.56. The van der Waals surface area contributed by atoms with Crippen molar-refractivity contribution >= 4 is 42.1 Å². The number of carbonyl (C=O) groups is 1. The highest BCUT2D eigenvalue weighted by Gasteiger charge is 2.15. The Hall–Kier alpha value is -0.360. The molecule has 4 nitrogen and oxygen atoms in total. The van der Waals surface area contributed by atoms with Gasteiger partial charge < -0.3 is 10.6 Å². The average Bonchev–Trinajstić information content (AvgIpc) is 2.95. The molecule has 1 amide bonds. The number of halogens is 2. The van der Waals surface area contributed by atoms with Gasteiger partial charge in [-0.1, -0.05) is 0 Å². The Labute approximate surface area is 130 Å². The number of nitrogens with one attached hydrogen (secondary N) is 2. The fourth-order valence-corrected chi connectivity index (χ4v) is 2.75. The summed E-state index contributed by atoms with van der Waals surface area (Å²) in [6.07, 6.45) is 2.84. The summed E-state index contributed by atoms with van der Waals surface area (Å²) in [6.45, 7) is 4.71. The number of rotatable bonds is 5. The van der Waals surface area contributed by atoms with Gasteiger partial charge in [0.05, 0.1) is 6.54 Å². The third-order valence-corrected chi connectivity index (χ3v) is 4.01. The lowest BCUT2D eigenvalue weighted by Crippen LogP contribution is -2.23. The number of thiazole rings is 1. The summed E-state index contributed by atoms with van der Waals surface area (Å²) in [7, 11) is 0. The van der Waals surface area contributed by atoms with E-state index in [2.05, 4.69) is 15.6 Å². The van der Waals surface area contributed by atoms with Crippen LogP contribution in [-0.2, 0) is 11.3 Å². The lowest BCUT2D eigenvalue weighted by atomic mass is 10.0. The van der Waals surface area contributed by atoms with E-state index >= 15 is 0 Å². The zero-order valence-electron chi connectivity index (χ0n) is 11.0. The van der Waals surface area contributed by atoms with Crippen LogP contribution in [0.3, 0.4) is 0 Å². The first-order chi connectivity index (χ1) is 8.24. The standard InChI is InChI=1S/C12H19N3OS.2ClH/c1-9-8-17-12(15-9)7-14-11(16)3-2-10-4-5-13-6-10;;/h8,10,13H,2-7H2,1H3,(H,14,16);2*1H. The number of aryl methyl sites for hydroxylation is 1. The van der Waals surface area contributed by atoms with E-state index in [0.717, 1.165) is 30.2 Å². The number of amides is 1. The molecule has 7 heteroatoms. The zero-order valence-corrected chi connectivity index (χ0v) is 13.4. The topological polar surface area (TPSA) is 54.0 Å². The second kappa shape index (κ2) is 9.53. The van der Waals surface area contributed by atoms with Crippen molar-refractivity contribution in [3.8, 4) is 0 Å². The minimum absolute atomic E-state index is 0. The van der Waals surface area contributed by atoms with E-state index in [1.54, 1.807) is 11.3 Å². The largest absolute Gasteiger partial charge is 0.350 e. The van der Waals surface area contributed by atoms with E-state index in [0.29, 0.717) is 18.9 Å². The summed E-state index contributed by atoms with van der Waals surface area (Å²) in [4.78, 5) is 15.9. The number of carbonyl (C=O) groups excluding carboxylic acids is 1. The number of aromatic nitrogens is 1. The van der Waals surface area contributed by atoms with Gasteiger partial charge in [0.25, 0.3) is 0 Å². The third kappa shape index (κ3) is 6.56. The van der Waals surface area contributed by atoms with Crippen molar-refractivity contribution < 1.29 is 4.79 Å². The second-order valence-corrected chi connectivity index (χ2v) is 5.50. The SMILES string of the molecule is Cc1csc(CNC(=O)CCC2CCNC2)n1.Cl.Cl. The molecular weight excluding hydrogens is 305 g/mol. The van der Waals surface area contributed by atoms with E-state index in [1.807, 2.05) is 12.3 Å². The summed E-state index contributed by atoms with van der Waals surface area (Å²) in [6, 6.07) is 0. The molecule has 1 aromatic heterocycles. The molecule has 1 aromatic rings. The summed E-state index contributed by atoms with van der Waals surface area (Å²) in [5.41, 5.74) is 1.02. The highest BCUT2D eigenvalue weighted by molar-refractivity contribution is 7.09. The molecule has 1 fully saturated rings. The first-order valence-corrected chi connectivity index (χ1v) is 7.00. The van der Waals surface area contributed by atoms with Crippen LogP contribution in [-0.4, -0.2) is 24.0 Å². The van der Waals surface area contributed by atoms with Gasteiger partial charge in [-0.2, -0.15) is 0 Å². The molecule has 0 radical (unpaired) electrons. The fraction of sp³-hybridized carbons (Fsp3) is 0.667.